The summed E-state index contributed by atoms with van der Waals surface area (Å²) in [6, 6.07) is 0. The summed E-state index contributed by atoms with van der Waals surface area (Å²) in [6.07, 6.45) is 1.55. The molecule has 26 heavy (non-hydrogen) atoms. The van der Waals surface area contributed by atoms with E-state index in [4.69, 9.17) is 14.2 Å². The summed E-state index contributed by atoms with van der Waals surface area (Å²) in [4.78, 5) is 37.5. The smallest absolute Gasteiger partial charge is 0.410 e. The molecule has 2 aliphatic heterocycles. The minimum absolute atomic E-state index is 0.255. The number of methoxy groups -OCH3 is 1. The molecule has 1 spiro atoms. The fraction of sp³-hybridized carbons (Fsp3) is 0.722. The summed E-state index contributed by atoms with van der Waals surface area (Å²) in [5.41, 5.74) is -1.53. The Kier molecular flexibility index (Phi) is 5.37. The van der Waals surface area contributed by atoms with Crippen LogP contribution in [0.2, 0.25) is 0 Å². The Balaban J connectivity index is 2.19. The molecule has 2 saturated heterocycles. The first-order valence-electron chi connectivity index (χ1n) is 8.59. The SMILES string of the molecule is COC(=O)/C=C1/OC(C)(C(C)=O)OC12CCN(C(=O)OC(C)(C)C)CC2. The van der Waals surface area contributed by atoms with E-state index in [1.54, 1.807) is 25.7 Å². The summed E-state index contributed by atoms with van der Waals surface area (Å²) in [6.45, 7) is 9.01. The molecular formula is C18H27NO7. The van der Waals surface area contributed by atoms with Crippen LogP contribution in [0.4, 0.5) is 4.79 Å². The predicted octanol–water partition coefficient (Wildman–Crippen LogP) is 2.16. The first kappa shape index (κ1) is 20.2. The van der Waals surface area contributed by atoms with Crippen molar-refractivity contribution in [1.82, 2.24) is 4.90 Å². The molecule has 2 heterocycles. The molecule has 0 radical (unpaired) electrons. The zero-order chi connectivity index (χ0) is 19.8. The standard InChI is InChI=1S/C18H27NO7/c1-12(20)17(5)24-13(11-14(21)23-6)18(26-17)7-9-19(10-8-18)15(22)25-16(2,3)4/h11H,7-10H2,1-6H3/b13-11+. The van der Waals surface area contributed by atoms with Crippen LogP contribution in [0.25, 0.3) is 0 Å². The lowest BCUT2D eigenvalue weighted by Crippen LogP contribution is -2.50. The van der Waals surface area contributed by atoms with Gasteiger partial charge in [0.05, 0.1) is 13.2 Å². The lowest BCUT2D eigenvalue weighted by atomic mass is 9.89. The van der Waals surface area contributed by atoms with Gasteiger partial charge in [0.2, 0.25) is 5.78 Å². The minimum atomic E-state index is -1.46. The highest BCUT2D eigenvalue weighted by atomic mass is 16.8. The average Bonchev–Trinajstić information content (AvgIpc) is 2.79. The molecule has 0 aromatic heterocycles. The van der Waals surface area contributed by atoms with E-state index in [-0.39, 0.29) is 11.5 Å². The average molecular weight is 369 g/mol. The zero-order valence-corrected chi connectivity index (χ0v) is 16.2. The third kappa shape index (κ3) is 4.17. The fourth-order valence-electron chi connectivity index (χ4n) is 2.94. The van der Waals surface area contributed by atoms with E-state index in [1.807, 2.05) is 0 Å². The maximum Gasteiger partial charge on any atom is 0.410 e. The number of ketones is 1. The highest BCUT2D eigenvalue weighted by Crippen LogP contribution is 2.46. The van der Waals surface area contributed by atoms with Crippen LogP contribution in [-0.2, 0) is 28.5 Å². The van der Waals surface area contributed by atoms with Crippen LogP contribution in [0.3, 0.4) is 0 Å². The number of carbonyl (C=O) groups excluding carboxylic acids is 3. The fourth-order valence-corrected chi connectivity index (χ4v) is 2.94. The summed E-state index contributed by atoms with van der Waals surface area (Å²) >= 11 is 0. The van der Waals surface area contributed by atoms with E-state index in [0.717, 1.165) is 0 Å². The summed E-state index contributed by atoms with van der Waals surface area (Å²) in [5, 5.41) is 0. The van der Waals surface area contributed by atoms with E-state index in [9.17, 15) is 14.4 Å². The van der Waals surface area contributed by atoms with Crippen molar-refractivity contribution < 1.29 is 33.3 Å². The lowest BCUT2D eigenvalue weighted by Gasteiger charge is -2.38. The molecule has 0 N–H and O–H groups in total. The maximum absolute atomic E-state index is 12.2. The van der Waals surface area contributed by atoms with Gasteiger partial charge in [-0.2, -0.15) is 0 Å². The molecule has 2 rings (SSSR count). The summed E-state index contributed by atoms with van der Waals surface area (Å²) in [5.74, 6) is -2.11. The van der Waals surface area contributed by atoms with Crippen LogP contribution in [-0.4, -0.2) is 59.9 Å². The molecule has 1 atom stereocenters. The van der Waals surface area contributed by atoms with Gasteiger partial charge in [-0.15, -0.1) is 0 Å². The third-order valence-corrected chi connectivity index (χ3v) is 4.46. The van der Waals surface area contributed by atoms with Crippen LogP contribution in [0.15, 0.2) is 11.8 Å². The lowest BCUT2D eigenvalue weighted by molar-refractivity contribution is -0.189. The van der Waals surface area contributed by atoms with Crippen molar-refractivity contribution >= 4 is 17.8 Å². The van der Waals surface area contributed by atoms with E-state index in [1.165, 1.54) is 27.0 Å². The number of amides is 1. The van der Waals surface area contributed by atoms with Gasteiger partial charge in [-0.25, -0.2) is 9.59 Å². The van der Waals surface area contributed by atoms with Crippen LogP contribution in [0.5, 0.6) is 0 Å². The Hall–Kier alpha value is -2.09. The van der Waals surface area contributed by atoms with Gasteiger partial charge < -0.3 is 23.8 Å². The Bertz CT molecular complexity index is 626. The van der Waals surface area contributed by atoms with E-state index in [2.05, 4.69) is 4.74 Å². The van der Waals surface area contributed by atoms with Gasteiger partial charge in [0.25, 0.3) is 5.79 Å². The number of rotatable bonds is 2. The molecule has 8 nitrogen and oxygen atoms in total. The van der Waals surface area contributed by atoms with Gasteiger partial charge in [0.15, 0.2) is 0 Å². The molecular weight excluding hydrogens is 342 g/mol. The summed E-state index contributed by atoms with van der Waals surface area (Å²) in [7, 11) is 1.26. The largest absolute Gasteiger partial charge is 0.466 e. The van der Waals surface area contributed by atoms with E-state index in [0.29, 0.717) is 25.9 Å². The van der Waals surface area contributed by atoms with Gasteiger partial charge in [-0.05, 0) is 20.8 Å². The molecule has 2 fully saturated rings. The molecule has 1 amide bonds. The zero-order valence-electron chi connectivity index (χ0n) is 16.2. The monoisotopic (exact) mass is 369 g/mol. The second-order valence-electron chi connectivity index (χ2n) is 7.70. The molecule has 2 aliphatic rings. The van der Waals surface area contributed by atoms with Crippen molar-refractivity contribution in [3.05, 3.63) is 11.8 Å². The Labute approximate surface area is 153 Å². The van der Waals surface area contributed by atoms with Gasteiger partial charge in [-0.3, -0.25) is 4.79 Å². The molecule has 0 aromatic rings. The number of hydrogen-bond acceptors (Lipinski definition) is 7. The van der Waals surface area contributed by atoms with Gasteiger partial charge >= 0.3 is 12.1 Å². The van der Waals surface area contributed by atoms with E-state index >= 15 is 0 Å². The molecule has 0 saturated carbocycles. The number of piperidine rings is 1. The van der Waals surface area contributed by atoms with Crippen molar-refractivity contribution in [3.63, 3.8) is 0 Å². The van der Waals surface area contributed by atoms with Crippen LogP contribution in [0, 0.1) is 0 Å². The summed E-state index contributed by atoms with van der Waals surface area (Å²) < 4.78 is 21.8. The first-order chi connectivity index (χ1) is 11.9. The van der Waals surface area contributed by atoms with Gasteiger partial charge in [-0.1, -0.05) is 0 Å². The molecule has 146 valence electrons. The Morgan fingerprint density at radius 2 is 1.77 bits per heavy atom. The first-order valence-corrected chi connectivity index (χ1v) is 8.59. The van der Waals surface area contributed by atoms with Crippen LogP contribution < -0.4 is 0 Å². The molecule has 0 aromatic carbocycles. The number of ether oxygens (including phenoxy) is 4. The predicted molar refractivity (Wildman–Crippen MR) is 91.1 cm³/mol. The Morgan fingerprint density at radius 1 is 1.19 bits per heavy atom. The van der Waals surface area contributed by atoms with Gasteiger partial charge in [0.1, 0.15) is 17.0 Å². The van der Waals surface area contributed by atoms with Gasteiger partial charge in [0, 0.05) is 39.8 Å². The highest BCUT2D eigenvalue weighted by molar-refractivity contribution is 5.85. The highest BCUT2D eigenvalue weighted by Gasteiger charge is 2.56. The number of likely N-dealkylation sites (tertiary alicyclic amines) is 1. The second kappa shape index (κ2) is 6.90. The minimum Gasteiger partial charge on any atom is -0.466 e. The second-order valence-corrected chi connectivity index (χ2v) is 7.70. The van der Waals surface area contributed by atoms with Crippen molar-refractivity contribution in [1.29, 1.82) is 0 Å². The maximum atomic E-state index is 12.2. The van der Waals surface area contributed by atoms with Crippen molar-refractivity contribution in [2.75, 3.05) is 20.2 Å². The number of carbonyl (C=O) groups is 3. The molecule has 8 heteroatoms. The molecule has 0 aliphatic carbocycles. The van der Waals surface area contributed by atoms with Crippen LogP contribution in [0.1, 0.15) is 47.5 Å². The van der Waals surface area contributed by atoms with Crippen molar-refractivity contribution in [2.24, 2.45) is 0 Å². The molecule has 1 unspecified atom stereocenters. The number of hydrogen-bond donors (Lipinski definition) is 0. The van der Waals surface area contributed by atoms with E-state index < -0.39 is 29.1 Å². The van der Waals surface area contributed by atoms with Crippen LogP contribution >= 0.6 is 0 Å². The quantitative estimate of drug-likeness (QED) is 0.544. The third-order valence-electron chi connectivity index (χ3n) is 4.46. The number of Topliss-reactive ketones (excluding diaryl/α,β-unsaturated/α-hetero) is 1. The normalized spacial score (nSPS) is 26.5. The number of nitrogens with zero attached hydrogens (tertiary/aromatic N) is 1. The van der Waals surface area contributed by atoms with Crippen molar-refractivity contribution in [2.45, 2.75) is 64.4 Å². The van der Waals surface area contributed by atoms with Crippen molar-refractivity contribution in [3.8, 4) is 0 Å². The molecule has 0 bridgehead atoms. The Morgan fingerprint density at radius 3 is 2.23 bits per heavy atom. The number of esters is 1. The topological polar surface area (TPSA) is 91.4 Å².